The highest BCUT2D eigenvalue weighted by atomic mass is 32.1. The largest absolute Gasteiger partial charge is 0.446 e. The lowest BCUT2D eigenvalue weighted by atomic mass is 9.96. The van der Waals surface area contributed by atoms with Gasteiger partial charge in [-0.3, -0.25) is 4.98 Å². The van der Waals surface area contributed by atoms with Gasteiger partial charge in [0.05, 0.1) is 11.4 Å². The Balaban J connectivity index is 1.30. The molecule has 0 N–H and O–H groups in total. The SMILES string of the molecule is Cc1nc(C2=Cc3c(N4CCN(C(=O)OC5CCC5)CC4)ccnc3C2)sc1C. The van der Waals surface area contributed by atoms with Gasteiger partial charge in [0.2, 0.25) is 0 Å². The minimum atomic E-state index is -0.147. The van der Waals surface area contributed by atoms with Crippen molar-refractivity contribution in [3.05, 3.63) is 39.1 Å². The van der Waals surface area contributed by atoms with E-state index < -0.39 is 0 Å². The van der Waals surface area contributed by atoms with Gasteiger partial charge in [-0.2, -0.15) is 0 Å². The van der Waals surface area contributed by atoms with Gasteiger partial charge >= 0.3 is 6.09 Å². The van der Waals surface area contributed by atoms with Crippen molar-refractivity contribution in [2.75, 3.05) is 31.1 Å². The van der Waals surface area contributed by atoms with Crippen LogP contribution in [0.5, 0.6) is 0 Å². The second-order valence-corrected chi connectivity index (χ2v) is 9.31. The molecule has 3 aliphatic rings. The van der Waals surface area contributed by atoms with Crippen molar-refractivity contribution in [2.45, 2.75) is 45.6 Å². The monoisotopic (exact) mass is 410 g/mol. The zero-order valence-corrected chi connectivity index (χ0v) is 17.8. The van der Waals surface area contributed by atoms with E-state index in [1.54, 1.807) is 11.3 Å². The summed E-state index contributed by atoms with van der Waals surface area (Å²) in [5.41, 5.74) is 5.90. The first-order valence-electron chi connectivity index (χ1n) is 10.4. The Morgan fingerprint density at radius 2 is 2.00 bits per heavy atom. The number of amides is 1. The number of piperazine rings is 1. The quantitative estimate of drug-likeness (QED) is 0.764. The van der Waals surface area contributed by atoms with Gasteiger partial charge in [-0.1, -0.05) is 0 Å². The average Bonchev–Trinajstić information content (AvgIpc) is 3.28. The standard InChI is InChI=1S/C22H26N4O2S/c1-14-15(2)29-21(24-14)16-12-18-19(13-16)23-7-6-20(18)25-8-10-26(11-9-25)22(27)28-17-4-3-5-17/h6-7,12,17H,3-5,8-11,13H2,1-2H3. The maximum Gasteiger partial charge on any atom is 0.410 e. The number of rotatable bonds is 3. The topological polar surface area (TPSA) is 58.6 Å². The maximum atomic E-state index is 12.3. The number of fused-ring (bicyclic) bond motifs is 1. The number of hydrogen-bond donors (Lipinski definition) is 0. The molecule has 0 aromatic carbocycles. The molecule has 7 heteroatoms. The van der Waals surface area contributed by atoms with Crippen LogP contribution in [-0.4, -0.2) is 53.2 Å². The van der Waals surface area contributed by atoms with Crippen molar-refractivity contribution >= 4 is 34.8 Å². The summed E-state index contributed by atoms with van der Waals surface area (Å²) in [6.45, 7) is 7.22. The molecule has 1 amide bonds. The van der Waals surface area contributed by atoms with Crippen LogP contribution in [0.3, 0.4) is 0 Å². The van der Waals surface area contributed by atoms with Gasteiger partial charge in [0.1, 0.15) is 11.1 Å². The van der Waals surface area contributed by atoms with E-state index in [4.69, 9.17) is 9.72 Å². The summed E-state index contributed by atoms with van der Waals surface area (Å²) in [4.78, 5) is 27.2. The zero-order valence-electron chi connectivity index (χ0n) is 17.0. The number of ether oxygens (including phenoxy) is 1. The van der Waals surface area contributed by atoms with E-state index in [-0.39, 0.29) is 12.2 Å². The number of hydrogen-bond acceptors (Lipinski definition) is 6. The predicted molar refractivity (Wildman–Crippen MR) is 115 cm³/mol. The van der Waals surface area contributed by atoms with Gasteiger partial charge in [0, 0.05) is 54.9 Å². The summed E-state index contributed by atoms with van der Waals surface area (Å²) in [6, 6.07) is 2.10. The number of carbonyl (C=O) groups is 1. The summed E-state index contributed by atoms with van der Waals surface area (Å²) >= 11 is 1.76. The molecule has 0 unspecified atom stereocenters. The average molecular weight is 411 g/mol. The Morgan fingerprint density at radius 3 is 2.66 bits per heavy atom. The Labute approximate surface area is 175 Å². The Hall–Kier alpha value is -2.41. The van der Waals surface area contributed by atoms with E-state index in [1.165, 1.54) is 28.1 Å². The molecule has 1 saturated carbocycles. The van der Waals surface area contributed by atoms with E-state index in [1.807, 2.05) is 11.1 Å². The van der Waals surface area contributed by atoms with Crippen LogP contribution in [0, 0.1) is 13.8 Å². The molecule has 1 saturated heterocycles. The predicted octanol–water partition coefficient (Wildman–Crippen LogP) is 4.06. The molecule has 6 nitrogen and oxygen atoms in total. The Bertz CT molecular complexity index is 952. The van der Waals surface area contributed by atoms with Crippen molar-refractivity contribution < 1.29 is 9.53 Å². The van der Waals surface area contributed by atoms with Crippen molar-refractivity contribution in [1.29, 1.82) is 0 Å². The van der Waals surface area contributed by atoms with Gasteiger partial charge in [0.25, 0.3) is 0 Å². The van der Waals surface area contributed by atoms with Gasteiger partial charge in [-0.25, -0.2) is 9.78 Å². The Kier molecular flexibility index (Phi) is 4.78. The second-order valence-electron chi connectivity index (χ2n) is 8.11. The highest BCUT2D eigenvalue weighted by Crippen LogP contribution is 2.38. The number of anilines is 1. The highest BCUT2D eigenvalue weighted by molar-refractivity contribution is 7.12. The van der Waals surface area contributed by atoms with Crippen LogP contribution in [-0.2, 0) is 11.2 Å². The van der Waals surface area contributed by atoms with Crippen LogP contribution in [0.4, 0.5) is 10.5 Å². The molecule has 2 fully saturated rings. The zero-order chi connectivity index (χ0) is 20.0. The molecule has 0 bridgehead atoms. The van der Waals surface area contributed by atoms with Crippen LogP contribution >= 0.6 is 11.3 Å². The number of aromatic nitrogens is 2. The molecule has 152 valence electrons. The summed E-state index contributed by atoms with van der Waals surface area (Å²) in [7, 11) is 0. The highest BCUT2D eigenvalue weighted by Gasteiger charge is 2.29. The molecule has 1 aliphatic heterocycles. The summed E-state index contributed by atoms with van der Waals surface area (Å²) in [5.74, 6) is 0. The van der Waals surface area contributed by atoms with Crippen molar-refractivity contribution in [3.63, 3.8) is 0 Å². The normalized spacial score (nSPS) is 19.0. The van der Waals surface area contributed by atoms with E-state index in [0.717, 1.165) is 48.7 Å². The fourth-order valence-corrected chi connectivity index (χ4v) is 5.00. The summed E-state index contributed by atoms with van der Waals surface area (Å²) < 4.78 is 5.56. The van der Waals surface area contributed by atoms with Crippen LogP contribution in [0.25, 0.3) is 11.6 Å². The smallest absolute Gasteiger partial charge is 0.410 e. The Morgan fingerprint density at radius 1 is 1.21 bits per heavy atom. The maximum absolute atomic E-state index is 12.3. The minimum Gasteiger partial charge on any atom is -0.446 e. The number of pyridine rings is 1. The lowest BCUT2D eigenvalue weighted by Gasteiger charge is -2.37. The molecule has 29 heavy (non-hydrogen) atoms. The van der Waals surface area contributed by atoms with Crippen molar-refractivity contribution in [2.24, 2.45) is 0 Å². The molecule has 0 atom stereocenters. The first-order chi connectivity index (χ1) is 14.1. The van der Waals surface area contributed by atoms with Crippen LogP contribution < -0.4 is 4.90 Å². The van der Waals surface area contributed by atoms with E-state index in [0.29, 0.717) is 13.1 Å². The number of aryl methyl sites for hydroxylation is 2. The molecule has 2 aromatic heterocycles. The molecular formula is C22H26N4O2S. The first kappa shape index (κ1) is 18.6. The molecule has 3 heterocycles. The molecule has 0 spiro atoms. The molecule has 5 rings (SSSR count). The van der Waals surface area contributed by atoms with Crippen LogP contribution in [0.15, 0.2) is 12.3 Å². The number of thiazole rings is 1. The van der Waals surface area contributed by atoms with Gasteiger partial charge in [-0.05, 0) is 50.8 Å². The number of nitrogens with zero attached hydrogens (tertiary/aromatic N) is 4. The fraction of sp³-hybridized carbons (Fsp3) is 0.500. The van der Waals surface area contributed by atoms with E-state index in [2.05, 4.69) is 35.9 Å². The fourth-order valence-electron chi connectivity index (χ4n) is 4.07. The molecular weight excluding hydrogens is 384 g/mol. The number of carbonyl (C=O) groups excluding carboxylic acids is 1. The van der Waals surface area contributed by atoms with Crippen LogP contribution in [0.1, 0.15) is 46.1 Å². The molecule has 2 aromatic rings. The summed E-state index contributed by atoms with van der Waals surface area (Å²) in [5, 5.41) is 1.10. The molecule has 0 radical (unpaired) electrons. The van der Waals surface area contributed by atoms with Crippen LogP contribution in [0.2, 0.25) is 0 Å². The third kappa shape index (κ3) is 3.52. The lowest BCUT2D eigenvalue weighted by Crippen LogP contribution is -2.50. The first-order valence-corrected chi connectivity index (χ1v) is 11.2. The van der Waals surface area contributed by atoms with E-state index in [9.17, 15) is 4.79 Å². The minimum absolute atomic E-state index is 0.144. The summed E-state index contributed by atoms with van der Waals surface area (Å²) in [6.07, 6.45) is 8.20. The van der Waals surface area contributed by atoms with Crippen molar-refractivity contribution in [1.82, 2.24) is 14.9 Å². The van der Waals surface area contributed by atoms with Gasteiger partial charge < -0.3 is 14.5 Å². The third-order valence-corrected chi connectivity index (χ3v) is 7.38. The second kappa shape index (κ2) is 7.44. The lowest BCUT2D eigenvalue weighted by molar-refractivity contribution is 0.0259. The third-order valence-electron chi connectivity index (χ3n) is 6.23. The van der Waals surface area contributed by atoms with Crippen molar-refractivity contribution in [3.8, 4) is 0 Å². The molecule has 2 aliphatic carbocycles. The van der Waals surface area contributed by atoms with E-state index >= 15 is 0 Å². The van der Waals surface area contributed by atoms with Gasteiger partial charge in [-0.15, -0.1) is 11.3 Å². The van der Waals surface area contributed by atoms with Gasteiger partial charge in [0.15, 0.2) is 0 Å². The number of allylic oxidation sites excluding steroid dienone is 1.